The molecule has 1 N–H and O–H groups in total. The summed E-state index contributed by atoms with van der Waals surface area (Å²) < 4.78 is 0.886. The SMILES string of the molecule is N#CC(=O)c1c[nH]c2ccc(Br)cc12. The van der Waals surface area contributed by atoms with Crippen LogP contribution in [0, 0.1) is 11.3 Å². The zero-order chi connectivity index (χ0) is 10.1. The van der Waals surface area contributed by atoms with Gasteiger partial charge in [-0.1, -0.05) is 15.9 Å². The minimum Gasteiger partial charge on any atom is -0.360 e. The molecule has 0 fully saturated rings. The number of Topliss-reactive ketones (excluding diaryl/α,β-unsaturated/α-hetero) is 1. The Labute approximate surface area is 88.5 Å². The molecule has 0 spiro atoms. The van der Waals surface area contributed by atoms with E-state index in [-0.39, 0.29) is 0 Å². The molecule has 1 heterocycles. The summed E-state index contributed by atoms with van der Waals surface area (Å²) in [6.45, 7) is 0. The smallest absolute Gasteiger partial charge is 0.264 e. The number of carbonyl (C=O) groups is 1. The summed E-state index contributed by atoms with van der Waals surface area (Å²) in [6.07, 6.45) is 1.56. The Balaban J connectivity index is 2.74. The lowest BCUT2D eigenvalue weighted by Crippen LogP contribution is -1.91. The minimum absolute atomic E-state index is 0.420. The molecule has 0 atom stereocenters. The second-order valence-corrected chi connectivity index (χ2v) is 3.75. The first-order chi connectivity index (χ1) is 6.72. The van der Waals surface area contributed by atoms with Gasteiger partial charge < -0.3 is 4.98 Å². The van der Waals surface area contributed by atoms with Crippen LogP contribution in [0.1, 0.15) is 10.4 Å². The molecule has 0 aliphatic carbocycles. The highest BCUT2D eigenvalue weighted by molar-refractivity contribution is 9.10. The monoisotopic (exact) mass is 248 g/mol. The molecule has 0 aliphatic heterocycles. The van der Waals surface area contributed by atoms with Crippen molar-refractivity contribution in [2.45, 2.75) is 0 Å². The molecule has 0 aliphatic rings. The number of hydrogen-bond donors (Lipinski definition) is 1. The standard InChI is InChI=1S/C10H5BrN2O/c11-6-1-2-9-7(3-6)8(5-13-9)10(14)4-12/h1-3,5,13H. The lowest BCUT2D eigenvalue weighted by molar-refractivity contribution is 0.105. The lowest BCUT2D eigenvalue weighted by Gasteiger charge is -1.92. The van der Waals surface area contributed by atoms with E-state index >= 15 is 0 Å². The number of nitrogens with one attached hydrogen (secondary N) is 1. The van der Waals surface area contributed by atoms with E-state index in [1.165, 1.54) is 0 Å². The molecule has 3 nitrogen and oxygen atoms in total. The van der Waals surface area contributed by atoms with Gasteiger partial charge in [0.05, 0.1) is 5.56 Å². The number of halogens is 1. The maximum absolute atomic E-state index is 11.2. The van der Waals surface area contributed by atoms with Crippen LogP contribution in [0.2, 0.25) is 0 Å². The van der Waals surface area contributed by atoms with Crippen molar-refractivity contribution in [2.75, 3.05) is 0 Å². The average molecular weight is 249 g/mol. The van der Waals surface area contributed by atoms with Crippen LogP contribution in [0.4, 0.5) is 0 Å². The van der Waals surface area contributed by atoms with Gasteiger partial charge in [-0.3, -0.25) is 4.79 Å². The van der Waals surface area contributed by atoms with Gasteiger partial charge in [-0.2, -0.15) is 5.26 Å². The molecule has 1 aromatic heterocycles. The Morgan fingerprint density at radius 1 is 1.50 bits per heavy atom. The summed E-state index contributed by atoms with van der Waals surface area (Å²) in [7, 11) is 0. The molecule has 14 heavy (non-hydrogen) atoms. The Hall–Kier alpha value is -1.60. The van der Waals surface area contributed by atoms with Crippen molar-refractivity contribution < 1.29 is 4.79 Å². The first-order valence-electron chi connectivity index (χ1n) is 3.93. The number of hydrogen-bond acceptors (Lipinski definition) is 2. The van der Waals surface area contributed by atoms with Crippen LogP contribution in [0.3, 0.4) is 0 Å². The molecule has 0 amide bonds. The highest BCUT2D eigenvalue weighted by Crippen LogP contribution is 2.22. The Bertz CT molecular complexity index is 551. The normalized spacial score (nSPS) is 10.0. The molecule has 4 heteroatoms. The van der Waals surface area contributed by atoms with E-state index in [0.29, 0.717) is 5.56 Å². The number of aromatic nitrogens is 1. The summed E-state index contributed by atoms with van der Waals surface area (Å²) in [5.41, 5.74) is 1.27. The second kappa shape index (κ2) is 3.28. The van der Waals surface area contributed by atoms with Crippen molar-refractivity contribution in [3.05, 3.63) is 34.4 Å². The Morgan fingerprint density at radius 2 is 2.29 bits per heavy atom. The Morgan fingerprint density at radius 3 is 3.00 bits per heavy atom. The predicted molar refractivity (Wildman–Crippen MR) is 55.9 cm³/mol. The van der Waals surface area contributed by atoms with Crippen molar-refractivity contribution in [3.63, 3.8) is 0 Å². The number of H-pyrrole nitrogens is 1. The maximum Gasteiger partial charge on any atom is 0.264 e. The minimum atomic E-state index is -0.519. The molecule has 0 saturated carbocycles. The van der Waals surface area contributed by atoms with E-state index in [9.17, 15) is 4.79 Å². The molecule has 0 unspecified atom stereocenters. The first kappa shape index (κ1) is 8.97. The highest BCUT2D eigenvalue weighted by Gasteiger charge is 2.10. The predicted octanol–water partition coefficient (Wildman–Crippen LogP) is 2.64. The van der Waals surface area contributed by atoms with E-state index in [4.69, 9.17) is 5.26 Å². The topological polar surface area (TPSA) is 56.6 Å². The van der Waals surface area contributed by atoms with Crippen molar-refractivity contribution in [3.8, 4) is 6.07 Å². The quantitative estimate of drug-likeness (QED) is 0.623. The molecular weight excluding hydrogens is 244 g/mol. The van der Waals surface area contributed by atoms with Crippen molar-refractivity contribution in [1.29, 1.82) is 5.26 Å². The van der Waals surface area contributed by atoms with Crippen molar-refractivity contribution in [1.82, 2.24) is 4.98 Å². The third kappa shape index (κ3) is 1.32. The van der Waals surface area contributed by atoms with Crippen LogP contribution in [0.15, 0.2) is 28.9 Å². The van der Waals surface area contributed by atoms with Gasteiger partial charge in [-0.05, 0) is 18.2 Å². The zero-order valence-electron chi connectivity index (χ0n) is 7.04. The van der Waals surface area contributed by atoms with Crippen LogP contribution >= 0.6 is 15.9 Å². The molecule has 0 radical (unpaired) electrons. The summed E-state index contributed by atoms with van der Waals surface area (Å²) in [5.74, 6) is -0.519. The van der Waals surface area contributed by atoms with Crippen LogP contribution in [-0.4, -0.2) is 10.8 Å². The molecule has 0 saturated heterocycles. The van der Waals surface area contributed by atoms with E-state index < -0.39 is 5.78 Å². The zero-order valence-corrected chi connectivity index (χ0v) is 8.63. The third-order valence-corrected chi connectivity index (χ3v) is 2.48. The average Bonchev–Trinajstić information content (AvgIpc) is 2.59. The van der Waals surface area contributed by atoms with Gasteiger partial charge in [0.2, 0.25) is 0 Å². The van der Waals surface area contributed by atoms with E-state index in [2.05, 4.69) is 20.9 Å². The van der Waals surface area contributed by atoms with Gasteiger partial charge in [-0.15, -0.1) is 0 Å². The summed E-state index contributed by atoms with van der Waals surface area (Å²) in [4.78, 5) is 14.1. The fraction of sp³-hybridized carbons (Fsp3) is 0. The van der Waals surface area contributed by atoms with Gasteiger partial charge in [0.1, 0.15) is 6.07 Å². The number of carbonyl (C=O) groups excluding carboxylic acids is 1. The van der Waals surface area contributed by atoms with Crippen LogP contribution < -0.4 is 0 Å². The van der Waals surface area contributed by atoms with Gasteiger partial charge >= 0.3 is 0 Å². The maximum atomic E-state index is 11.2. The van der Waals surface area contributed by atoms with Crippen LogP contribution in [0.25, 0.3) is 10.9 Å². The van der Waals surface area contributed by atoms with E-state index in [1.807, 2.05) is 18.2 Å². The fourth-order valence-corrected chi connectivity index (χ4v) is 1.70. The van der Waals surface area contributed by atoms with Crippen molar-refractivity contribution >= 4 is 32.6 Å². The molecule has 0 bridgehead atoms. The summed E-state index contributed by atoms with van der Waals surface area (Å²) in [5, 5.41) is 9.28. The highest BCUT2D eigenvalue weighted by atomic mass is 79.9. The molecule has 2 rings (SSSR count). The number of aromatic amines is 1. The largest absolute Gasteiger partial charge is 0.360 e. The first-order valence-corrected chi connectivity index (χ1v) is 4.73. The van der Waals surface area contributed by atoms with E-state index in [0.717, 1.165) is 15.4 Å². The van der Waals surface area contributed by atoms with Gasteiger partial charge in [0.25, 0.3) is 5.78 Å². The second-order valence-electron chi connectivity index (χ2n) is 2.83. The number of nitrogens with zero attached hydrogens (tertiary/aromatic N) is 1. The number of rotatable bonds is 1. The summed E-state index contributed by atoms with van der Waals surface area (Å²) in [6, 6.07) is 7.15. The van der Waals surface area contributed by atoms with Crippen LogP contribution in [-0.2, 0) is 0 Å². The molecule has 1 aromatic carbocycles. The lowest BCUT2D eigenvalue weighted by atomic mass is 10.1. The van der Waals surface area contributed by atoms with Crippen LogP contribution in [0.5, 0.6) is 0 Å². The Kier molecular flexibility index (Phi) is 2.10. The van der Waals surface area contributed by atoms with Gasteiger partial charge in [0, 0.05) is 21.6 Å². The molecule has 2 aromatic rings. The van der Waals surface area contributed by atoms with Gasteiger partial charge in [-0.25, -0.2) is 0 Å². The number of fused-ring (bicyclic) bond motifs is 1. The van der Waals surface area contributed by atoms with Crippen molar-refractivity contribution in [2.24, 2.45) is 0 Å². The number of benzene rings is 1. The number of ketones is 1. The third-order valence-electron chi connectivity index (χ3n) is 1.99. The molecule has 68 valence electrons. The van der Waals surface area contributed by atoms with E-state index in [1.54, 1.807) is 12.3 Å². The molecular formula is C10H5BrN2O. The van der Waals surface area contributed by atoms with Gasteiger partial charge in [0.15, 0.2) is 0 Å². The number of nitriles is 1. The summed E-state index contributed by atoms with van der Waals surface area (Å²) >= 11 is 3.31. The fourth-order valence-electron chi connectivity index (χ4n) is 1.34.